The number of ether oxygens (including phenoxy) is 1. The van der Waals surface area contributed by atoms with Crippen molar-refractivity contribution in [1.29, 1.82) is 0 Å². The third-order valence-corrected chi connectivity index (χ3v) is 6.72. The number of rotatable bonds is 1. The molecule has 0 aromatic heterocycles. The second-order valence-corrected chi connectivity index (χ2v) is 7.51. The average molecular weight is 341 g/mol. The molecule has 1 aromatic carbocycles. The van der Waals surface area contributed by atoms with E-state index in [-0.39, 0.29) is 23.9 Å². The van der Waals surface area contributed by atoms with Crippen LogP contribution in [0.4, 0.5) is 0 Å². The number of Topliss-reactive ketones (excluding diaryl/α,β-unsaturated/α-hetero) is 1. The van der Waals surface area contributed by atoms with Crippen LogP contribution >= 0.6 is 0 Å². The van der Waals surface area contributed by atoms with Gasteiger partial charge in [0.25, 0.3) is 0 Å². The van der Waals surface area contributed by atoms with Gasteiger partial charge in [-0.3, -0.25) is 9.59 Å². The first-order valence-electron chi connectivity index (χ1n) is 8.64. The summed E-state index contributed by atoms with van der Waals surface area (Å²) in [6.45, 7) is 4.01. The van der Waals surface area contributed by atoms with Crippen LogP contribution in [0.25, 0.3) is 0 Å². The molecule has 2 bridgehead atoms. The minimum Gasteiger partial charge on any atom is -0.504 e. The van der Waals surface area contributed by atoms with E-state index in [9.17, 15) is 19.8 Å². The van der Waals surface area contributed by atoms with E-state index in [0.29, 0.717) is 31.6 Å². The first-order chi connectivity index (χ1) is 11.9. The Balaban J connectivity index is 1.80. The highest BCUT2D eigenvalue weighted by atomic mass is 16.5. The number of piperidine rings is 1. The van der Waals surface area contributed by atoms with Crippen molar-refractivity contribution in [2.45, 2.75) is 48.8 Å². The fourth-order valence-corrected chi connectivity index (χ4v) is 5.71. The summed E-state index contributed by atoms with van der Waals surface area (Å²) in [5, 5.41) is 22.1. The van der Waals surface area contributed by atoms with Gasteiger partial charge in [-0.1, -0.05) is 12.6 Å². The van der Waals surface area contributed by atoms with Gasteiger partial charge in [0, 0.05) is 18.5 Å². The van der Waals surface area contributed by atoms with Gasteiger partial charge in [0.05, 0.1) is 17.1 Å². The Morgan fingerprint density at radius 1 is 1.40 bits per heavy atom. The number of aromatic hydroxyl groups is 1. The number of ketones is 1. The van der Waals surface area contributed by atoms with Crippen LogP contribution in [0.1, 0.15) is 30.4 Å². The zero-order valence-corrected chi connectivity index (χ0v) is 13.7. The molecular formula is C19H19NO5. The van der Waals surface area contributed by atoms with Gasteiger partial charge in [0.15, 0.2) is 23.4 Å². The molecule has 6 heteroatoms. The van der Waals surface area contributed by atoms with Gasteiger partial charge in [-0.05, 0) is 37.0 Å². The molecule has 25 heavy (non-hydrogen) atoms. The highest BCUT2D eigenvalue weighted by Crippen LogP contribution is 2.64. The van der Waals surface area contributed by atoms with Gasteiger partial charge in [-0.2, -0.15) is 0 Å². The molecule has 1 aromatic rings. The van der Waals surface area contributed by atoms with Gasteiger partial charge >= 0.3 is 0 Å². The summed E-state index contributed by atoms with van der Waals surface area (Å²) < 4.78 is 5.93. The number of aliphatic hydroxyl groups is 1. The molecule has 1 saturated carbocycles. The number of amides is 1. The summed E-state index contributed by atoms with van der Waals surface area (Å²) in [5.41, 5.74) is -0.419. The number of nitrogens with zero attached hydrogens (tertiary/aromatic N) is 1. The largest absolute Gasteiger partial charge is 0.504 e. The number of likely N-dealkylation sites (tertiary alicyclic amines) is 1. The van der Waals surface area contributed by atoms with Crippen LogP contribution in [0, 0.1) is 0 Å². The van der Waals surface area contributed by atoms with E-state index in [2.05, 4.69) is 6.58 Å². The maximum atomic E-state index is 12.6. The number of hydrogen-bond donors (Lipinski definition) is 2. The summed E-state index contributed by atoms with van der Waals surface area (Å²) in [6.07, 6.45) is 1.89. The molecule has 5 rings (SSSR count). The first-order valence-corrected chi connectivity index (χ1v) is 8.64. The third-order valence-electron chi connectivity index (χ3n) is 6.72. The maximum absolute atomic E-state index is 12.6. The second-order valence-electron chi connectivity index (χ2n) is 7.51. The quantitative estimate of drug-likeness (QED) is 0.739. The fourth-order valence-electron chi connectivity index (χ4n) is 5.71. The predicted octanol–water partition coefficient (Wildman–Crippen LogP) is 0.828. The highest BCUT2D eigenvalue weighted by Gasteiger charge is 2.73. The number of phenols is 1. The molecule has 0 unspecified atom stereocenters. The van der Waals surface area contributed by atoms with Crippen molar-refractivity contribution in [2.75, 3.05) is 6.54 Å². The lowest BCUT2D eigenvalue weighted by atomic mass is 9.49. The predicted molar refractivity (Wildman–Crippen MR) is 87.4 cm³/mol. The standard InChI is InChI=1S/C19H19NO5/c1-2-14(23)20-8-7-18-15-10-3-4-11(21)16(15)25-17(18)12(22)5-6-19(18,24)13(20)9-10/h2-4,13,17,21,24H,1,5-9H2/t13-,17+,18+,19-/m1/s1. The van der Waals surface area contributed by atoms with Crippen molar-refractivity contribution in [2.24, 2.45) is 0 Å². The molecule has 0 radical (unpaired) electrons. The molecule has 4 aliphatic rings. The van der Waals surface area contributed by atoms with Gasteiger partial charge in [0.1, 0.15) is 0 Å². The van der Waals surface area contributed by atoms with Crippen LogP contribution in [0.2, 0.25) is 0 Å². The maximum Gasteiger partial charge on any atom is 0.246 e. The van der Waals surface area contributed by atoms with Crippen LogP contribution in [-0.2, 0) is 21.4 Å². The molecule has 2 fully saturated rings. The van der Waals surface area contributed by atoms with E-state index in [4.69, 9.17) is 4.74 Å². The lowest BCUT2D eigenvalue weighted by Gasteiger charge is -2.62. The lowest BCUT2D eigenvalue weighted by Crippen LogP contribution is -2.77. The Bertz CT molecular complexity index is 848. The van der Waals surface area contributed by atoms with Crippen LogP contribution in [0.3, 0.4) is 0 Å². The minimum atomic E-state index is -1.24. The summed E-state index contributed by atoms with van der Waals surface area (Å²) in [6, 6.07) is 2.95. The molecule has 1 saturated heterocycles. The molecular weight excluding hydrogens is 322 g/mol. The highest BCUT2D eigenvalue weighted by molar-refractivity contribution is 5.91. The number of carbonyl (C=O) groups excluding carboxylic acids is 2. The molecule has 2 heterocycles. The number of benzene rings is 1. The summed E-state index contributed by atoms with van der Waals surface area (Å²) >= 11 is 0. The topological polar surface area (TPSA) is 87.1 Å². The monoisotopic (exact) mass is 341 g/mol. The van der Waals surface area contributed by atoms with Gasteiger partial charge in [-0.15, -0.1) is 0 Å². The van der Waals surface area contributed by atoms with E-state index in [1.807, 2.05) is 6.07 Å². The minimum absolute atomic E-state index is 0.000669. The SMILES string of the molecule is C=CC(=O)N1CC[C@]23c4c5ccc(O)c4O[C@H]2C(=O)CC[C@@]3(O)[C@H]1C5. The van der Waals surface area contributed by atoms with Crippen LogP contribution < -0.4 is 4.74 Å². The number of hydrogen-bond acceptors (Lipinski definition) is 5. The van der Waals surface area contributed by atoms with Crippen molar-refractivity contribution in [3.8, 4) is 11.5 Å². The Morgan fingerprint density at radius 3 is 2.96 bits per heavy atom. The molecule has 1 amide bonds. The smallest absolute Gasteiger partial charge is 0.246 e. The Labute approximate surface area is 144 Å². The normalized spacial score (nSPS) is 37.3. The molecule has 1 spiro atoms. The van der Waals surface area contributed by atoms with Gasteiger partial charge in [-0.25, -0.2) is 0 Å². The zero-order chi connectivity index (χ0) is 17.6. The van der Waals surface area contributed by atoms with Crippen molar-refractivity contribution in [1.82, 2.24) is 4.90 Å². The third kappa shape index (κ3) is 1.46. The zero-order valence-electron chi connectivity index (χ0n) is 13.7. The molecule has 4 atom stereocenters. The van der Waals surface area contributed by atoms with Crippen molar-refractivity contribution in [3.63, 3.8) is 0 Å². The van der Waals surface area contributed by atoms with Crippen LogP contribution in [0.15, 0.2) is 24.8 Å². The van der Waals surface area contributed by atoms with Gasteiger partial charge < -0.3 is 19.8 Å². The average Bonchev–Trinajstić information content (AvgIpc) is 2.95. The van der Waals surface area contributed by atoms with E-state index in [1.165, 1.54) is 6.08 Å². The Morgan fingerprint density at radius 2 is 2.20 bits per heavy atom. The van der Waals surface area contributed by atoms with Crippen molar-refractivity contribution >= 4 is 11.7 Å². The summed E-state index contributed by atoms with van der Waals surface area (Å²) in [7, 11) is 0. The number of phenolic OH excluding ortho intramolecular Hbond substituents is 1. The summed E-state index contributed by atoms with van der Waals surface area (Å²) in [4.78, 5) is 26.7. The fraction of sp³-hybridized carbons (Fsp3) is 0.474. The van der Waals surface area contributed by atoms with Crippen molar-refractivity contribution < 1.29 is 24.5 Å². The molecule has 2 N–H and O–H groups in total. The molecule has 2 aliphatic heterocycles. The van der Waals surface area contributed by atoms with Crippen molar-refractivity contribution in [3.05, 3.63) is 35.9 Å². The Kier molecular flexibility index (Phi) is 2.65. The van der Waals surface area contributed by atoms with E-state index in [0.717, 1.165) is 11.1 Å². The summed E-state index contributed by atoms with van der Waals surface area (Å²) in [5.74, 6) is 0.0808. The first kappa shape index (κ1) is 15.0. The second kappa shape index (κ2) is 4.43. The molecule has 6 nitrogen and oxygen atoms in total. The Hall–Kier alpha value is -2.34. The van der Waals surface area contributed by atoms with E-state index >= 15 is 0 Å². The van der Waals surface area contributed by atoms with Gasteiger partial charge in [0.2, 0.25) is 5.91 Å². The van der Waals surface area contributed by atoms with Crippen LogP contribution in [0.5, 0.6) is 11.5 Å². The van der Waals surface area contributed by atoms with E-state index < -0.39 is 23.2 Å². The molecule has 130 valence electrons. The molecule has 2 aliphatic carbocycles. The van der Waals surface area contributed by atoms with E-state index in [1.54, 1.807) is 11.0 Å². The number of carbonyl (C=O) groups is 2. The lowest BCUT2D eigenvalue weighted by molar-refractivity contribution is -0.190. The van der Waals surface area contributed by atoms with Crippen LogP contribution in [-0.4, -0.2) is 51.1 Å².